The Morgan fingerprint density at radius 2 is 2.25 bits per heavy atom. The minimum Gasteiger partial charge on any atom is -0.394 e. The van der Waals surface area contributed by atoms with Crippen molar-refractivity contribution < 1.29 is 5.11 Å². The highest BCUT2D eigenvalue weighted by atomic mass is 16.3. The summed E-state index contributed by atoms with van der Waals surface area (Å²) >= 11 is 0. The molecule has 1 aromatic carbocycles. The average Bonchev–Trinajstić information content (AvgIpc) is 2.87. The van der Waals surface area contributed by atoms with Crippen molar-refractivity contribution in [1.82, 2.24) is 4.98 Å². The highest BCUT2D eigenvalue weighted by Gasteiger charge is 2.17. The first-order valence-electron chi connectivity index (χ1n) is 5.79. The summed E-state index contributed by atoms with van der Waals surface area (Å²) in [6, 6.07) is 5.92. The number of rotatable bonds is 2. The van der Waals surface area contributed by atoms with Gasteiger partial charge in [-0.05, 0) is 42.5 Å². The lowest BCUT2D eigenvalue weighted by Gasteiger charge is -2.08. The molecule has 0 amide bonds. The Bertz CT molecular complexity index is 530. The third kappa shape index (κ3) is 1.36. The van der Waals surface area contributed by atoms with E-state index in [9.17, 15) is 0 Å². The molecular weight excluding hydrogens is 200 g/mol. The molecule has 16 heavy (non-hydrogen) atoms. The van der Waals surface area contributed by atoms with Crippen molar-refractivity contribution in [3.8, 4) is 0 Å². The average molecular weight is 216 g/mol. The Balaban J connectivity index is 2.16. The third-order valence-corrected chi connectivity index (χ3v) is 3.50. The van der Waals surface area contributed by atoms with Crippen molar-refractivity contribution in [2.45, 2.75) is 25.3 Å². The van der Waals surface area contributed by atoms with Gasteiger partial charge in [0.2, 0.25) is 0 Å². The van der Waals surface area contributed by atoms with Gasteiger partial charge in [-0.3, -0.25) is 0 Å². The summed E-state index contributed by atoms with van der Waals surface area (Å²) in [4.78, 5) is 3.46. The zero-order valence-electron chi connectivity index (χ0n) is 9.16. The summed E-state index contributed by atoms with van der Waals surface area (Å²) < 4.78 is 0. The lowest BCUT2D eigenvalue weighted by atomic mass is 10.0. The molecule has 1 aliphatic carbocycles. The van der Waals surface area contributed by atoms with E-state index in [0.717, 1.165) is 18.4 Å². The van der Waals surface area contributed by atoms with Crippen LogP contribution in [0.5, 0.6) is 0 Å². The Morgan fingerprint density at radius 3 is 3.06 bits per heavy atom. The second-order valence-corrected chi connectivity index (χ2v) is 4.53. The minimum atomic E-state index is -0.267. The molecular formula is C13H16N2O. The number of aromatic amines is 1. The molecule has 0 spiro atoms. The van der Waals surface area contributed by atoms with Crippen molar-refractivity contribution in [1.29, 1.82) is 0 Å². The first kappa shape index (κ1) is 9.87. The second kappa shape index (κ2) is 3.61. The maximum Gasteiger partial charge on any atom is 0.0624 e. The topological polar surface area (TPSA) is 62.0 Å². The van der Waals surface area contributed by atoms with Gasteiger partial charge in [0.25, 0.3) is 0 Å². The SMILES string of the molecule is NC(CO)c1ccc2[nH]c3c(c2c1)CCC3. The van der Waals surface area contributed by atoms with Crippen LogP contribution in [0, 0.1) is 0 Å². The zero-order chi connectivity index (χ0) is 11.1. The number of hydrogen-bond donors (Lipinski definition) is 3. The molecule has 1 atom stereocenters. The highest BCUT2D eigenvalue weighted by Crippen LogP contribution is 2.31. The van der Waals surface area contributed by atoms with Crippen LogP contribution in [0.3, 0.4) is 0 Å². The molecule has 2 aromatic rings. The normalized spacial score (nSPS) is 16.6. The fourth-order valence-corrected chi connectivity index (χ4v) is 2.60. The molecule has 3 nitrogen and oxygen atoms in total. The van der Waals surface area contributed by atoms with Crippen LogP contribution in [0.1, 0.15) is 29.3 Å². The molecule has 1 heterocycles. The summed E-state index contributed by atoms with van der Waals surface area (Å²) in [5.41, 5.74) is 10.9. The molecule has 0 fully saturated rings. The summed E-state index contributed by atoms with van der Waals surface area (Å²) in [6.07, 6.45) is 3.56. The molecule has 0 aliphatic heterocycles. The van der Waals surface area contributed by atoms with Gasteiger partial charge >= 0.3 is 0 Å². The van der Waals surface area contributed by atoms with Crippen molar-refractivity contribution >= 4 is 10.9 Å². The fourth-order valence-electron chi connectivity index (χ4n) is 2.60. The first-order chi connectivity index (χ1) is 7.79. The van der Waals surface area contributed by atoms with Gasteiger partial charge in [0.15, 0.2) is 0 Å². The zero-order valence-corrected chi connectivity index (χ0v) is 9.16. The largest absolute Gasteiger partial charge is 0.394 e. The molecule has 1 aliphatic rings. The quantitative estimate of drug-likeness (QED) is 0.714. The molecule has 0 radical (unpaired) electrons. The summed E-state index contributed by atoms with van der Waals surface area (Å²) in [6.45, 7) is -0.00187. The number of aromatic nitrogens is 1. The Kier molecular flexibility index (Phi) is 2.23. The Labute approximate surface area is 94.3 Å². The summed E-state index contributed by atoms with van der Waals surface area (Å²) in [7, 11) is 0. The molecule has 0 bridgehead atoms. The van der Waals surface area contributed by atoms with Crippen LogP contribution < -0.4 is 5.73 Å². The smallest absolute Gasteiger partial charge is 0.0624 e. The number of aliphatic hydroxyl groups excluding tert-OH is 1. The maximum absolute atomic E-state index is 9.07. The molecule has 3 heteroatoms. The van der Waals surface area contributed by atoms with E-state index in [1.807, 2.05) is 6.07 Å². The van der Waals surface area contributed by atoms with Crippen LogP contribution in [-0.2, 0) is 12.8 Å². The first-order valence-corrected chi connectivity index (χ1v) is 5.79. The molecule has 1 unspecified atom stereocenters. The van der Waals surface area contributed by atoms with Gasteiger partial charge in [-0.25, -0.2) is 0 Å². The molecule has 0 saturated heterocycles. The van der Waals surface area contributed by atoms with Crippen LogP contribution in [0.2, 0.25) is 0 Å². The van der Waals surface area contributed by atoms with E-state index in [1.165, 1.54) is 28.6 Å². The van der Waals surface area contributed by atoms with E-state index in [1.54, 1.807) is 0 Å². The number of aliphatic hydroxyl groups is 1. The van der Waals surface area contributed by atoms with Crippen LogP contribution in [0.15, 0.2) is 18.2 Å². The lowest BCUT2D eigenvalue weighted by molar-refractivity contribution is 0.268. The van der Waals surface area contributed by atoms with Gasteiger partial charge < -0.3 is 15.8 Å². The third-order valence-electron chi connectivity index (χ3n) is 3.50. The number of H-pyrrole nitrogens is 1. The van der Waals surface area contributed by atoms with Gasteiger partial charge in [0, 0.05) is 16.6 Å². The van der Waals surface area contributed by atoms with Gasteiger partial charge in [0.05, 0.1) is 12.6 Å². The van der Waals surface area contributed by atoms with E-state index in [0.29, 0.717) is 0 Å². The standard InChI is InChI=1S/C13H16N2O/c14-11(7-16)8-4-5-13-10(6-8)9-2-1-3-12(9)15-13/h4-6,11,15-16H,1-3,7,14H2. The van der Waals surface area contributed by atoms with Crippen molar-refractivity contribution in [3.05, 3.63) is 35.0 Å². The molecule has 0 saturated carbocycles. The van der Waals surface area contributed by atoms with Crippen LogP contribution in [0.25, 0.3) is 10.9 Å². The summed E-state index contributed by atoms with van der Waals surface area (Å²) in [5.74, 6) is 0. The predicted octanol–water partition coefficient (Wildman–Crippen LogP) is 1.65. The van der Waals surface area contributed by atoms with Gasteiger partial charge in [-0.2, -0.15) is 0 Å². The number of nitrogens with one attached hydrogen (secondary N) is 1. The van der Waals surface area contributed by atoms with E-state index >= 15 is 0 Å². The molecule has 4 N–H and O–H groups in total. The molecule has 84 valence electrons. The van der Waals surface area contributed by atoms with Crippen LogP contribution in [-0.4, -0.2) is 16.7 Å². The second-order valence-electron chi connectivity index (χ2n) is 4.53. The fraction of sp³-hybridized carbons (Fsp3) is 0.385. The number of aryl methyl sites for hydroxylation is 2. The molecule has 3 rings (SSSR count). The van der Waals surface area contributed by atoms with Gasteiger partial charge in [-0.1, -0.05) is 6.07 Å². The monoisotopic (exact) mass is 216 g/mol. The highest BCUT2D eigenvalue weighted by molar-refractivity contribution is 5.86. The van der Waals surface area contributed by atoms with E-state index in [4.69, 9.17) is 10.8 Å². The number of benzene rings is 1. The predicted molar refractivity (Wildman–Crippen MR) is 64.3 cm³/mol. The number of nitrogens with two attached hydrogens (primary N) is 1. The van der Waals surface area contributed by atoms with Crippen LogP contribution >= 0.6 is 0 Å². The van der Waals surface area contributed by atoms with Crippen molar-refractivity contribution in [2.75, 3.05) is 6.61 Å². The van der Waals surface area contributed by atoms with E-state index < -0.39 is 0 Å². The van der Waals surface area contributed by atoms with Crippen molar-refractivity contribution in [2.24, 2.45) is 5.73 Å². The maximum atomic E-state index is 9.07. The van der Waals surface area contributed by atoms with Gasteiger partial charge in [0.1, 0.15) is 0 Å². The van der Waals surface area contributed by atoms with Crippen LogP contribution in [0.4, 0.5) is 0 Å². The Morgan fingerprint density at radius 1 is 1.38 bits per heavy atom. The van der Waals surface area contributed by atoms with Gasteiger partial charge in [-0.15, -0.1) is 0 Å². The lowest BCUT2D eigenvalue weighted by Crippen LogP contribution is -2.14. The summed E-state index contributed by atoms with van der Waals surface area (Å²) in [5, 5.41) is 10.4. The Hall–Kier alpha value is -1.32. The minimum absolute atomic E-state index is 0.00187. The number of hydrogen-bond acceptors (Lipinski definition) is 2. The van der Waals surface area contributed by atoms with E-state index in [-0.39, 0.29) is 12.6 Å². The molecule has 1 aromatic heterocycles. The number of fused-ring (bicyclic) bond motifs is 3. The van der Waals surface area contributed by atoms with Crippen molar-refractivity contribution in [3.63, 3.8) is 0 Å². The van der Waals surface area contributed by atoms with E-state index in [2.05, 4.69) is 17.1 Å².